The highest BCUT2D eigenvalue weighted by Crippen LogP contribution is 2.30. The molecule has 6 nitrogen and oxygen atoms in total. The summed E-state index contributed by atoms with van der Waals surface area (Å²) in [6.45, 7) is 10.4. The molecule has 0 radical (unpaired) electrons. The van der Waals surface area contributed by atoms with Crippen molar-refractivity contribution in [3.8, 4) is 5.75 Å². The summed E-state index contributed by atoms with van der Waals surface area (Å²) in [6, 6.07) is 14.0. The molecule has 1 atom stereocenters. The third kappa shape index (κ3) is 6.23. The van der Waals surface area contributed by atoms with Gasteiger partial charge in [-0.3, -0.25) is 9.10 Å². The van der Waals surface area contributed by atoms with E-state index in [1.54, 1.807) is 19.1 Å². The first-order valence-corrected chi connectivity index (χ1v) is 11.8. The zero-order valence-electron chi connectivity index (χ0n) is 18.6. The summed E-state index contributed by atoms with van der Waals surface area (Å²) in [7, 11) is -3.63. The van der Waals surface area contributed by atoms with Crippen LogP contribution in [0.4, 0.5) is 5.69 Å². The Morgan fingerprint density at radius 1 is 1.10 bits per heavy atom. The molecule has 2 rings (SSSR count). The van der Waals surface area contributed by atoms with Crippen molar-refractivity contribution >= 4 is 21.6 Å². The van der Waals surface area contributed by atoms with Crippen LogP contribution < -0.4 is 14.4 Å². The van der Waals surface area contributed by atoms with E-state index in [1.807, 2.05) is 43.3 Å². The quantitative estimate of drug-likeness (QED) is 0.646. The van der Waals surface area contributed by atoms with Crippen molar-refractivity contribution in [3.63, 3.8) is 0 Å². The van der Waals surface area contributed by atoms with E-state index < -0.39 is 16.1 Å². The lowest BCUT2D eigenvalue weighted by Gasteiger charge is -2.28. The monoisotopic (exact) mass is 432 g/mol. The molecule has 0 heterocycles. The van der Waals surface area contributed by atoms with E-state index in [4.69, 9.17) is 4.74 Å². The molecule has 0 aromatic heterocycles. The molecule has 30 heavy (non-hydrogen) atoms. The topological polar surface area (TPSA) is 75.7 Å². The van der Waals surface area contributed by atoms with Gasteiger partial charge in [0.05, 0.1) is 18.5 Å². The number of nitrogens with one attached hydrogen (secondary N) is 1. The lowest BCUT2D eigenvalue weighted by molar-refractivity contribution is -0.121. The number of carbonyl (C=O) groups excluding carboxylic acids is 1. The van der Waals surface area contributed by atoms with Gasteiger partial charge in [0.2, 0.25) is 15.9 Å². The van der Waals surface area contributed by atoms with Crippen LogP contribution in [0.15, 0.2) is 48.5 Å². The number of rotatable bonds is 8. The van der Waals surface area contributed by atoms with Crippen molar-refractivity contribution in [3.05, 3.63) is 59.7 Å². The van der Waals surface area contributed by atoms with Gasteiger partial charge in [0.1, 0.15) is 18.4 Å². The average molecular weight is 433 g/mol. The van der Waals surface area contributed by atoms with Gasteiger partial charge in [0.15, 0.2) is 0 Å². The zero-order chi connectivity index (χ0) is 22.5. The molecule has 0 spiro atoms. The summed E-state index contributed by atoms with van der Waals surface area (Å²) in [5.41, 5.74) is 2.50. The van der Waals surface area contributed by atoms with Crippen molar-refractivity contribution in [1.82, 2.24) is 5.32 Å². The van der Waals surface area contributed by atoms with Crippen molar-refractivity contribution in [1.29, 1.82) is 0 Å². The molecule has 2 aromatic rings. The number of amides is 1. The summed E-state index contributed by atoms with van der Waals surface area (Å²) >= 11 is 0. The molecule has 0 unspecified atom stereocenters. The van der Waals surface area contributed by atoms with Gasteiger partial charge < -0.3 is 10.1 Å². The van der Waals surface area contributed by atoms with E-state index in [-0.39, 0.29) is 24.5 Å². The smallest absolute Gasteiger partial charge is 0.243 e. The van der Waals surface area contributed by atoms with Crippen LogP contribution >= 0.6 is 0 Å². The number of ether oxygens (including phenoxy) is 1. The van der Waals surface area contributed by atoms with Crippen molar-refractivity contribution in [2.75, 3.05) is 23.7 Å². The SMILES string of the molecule is Cc1ccc(N([C@@H](C)C(=O)NCCOc2ccccc2C(C)(C)C)S(C)(=O)=O)cc1. The zero-order valence-corrected chi connectivity index (χ0v) is 19.4. The number of aryl methyl sites for hydroxylation is 1. The Bertz CT molecular complexity index is 963. The first-order chi connectivity index (χ1) is 13.9. The number of anilines is 1. The molecule has 164 valence electrons. The van der Waals surface area contributed by atoms with Crippen molar-refractivity contribution < 1.29 is 17.9 Å². The number of sulfonamides is 1. The Hall–Kier alpha value is -2.54. The number of benzene rings is 2. The van der Waals surface area contributed by atoms with Gasteiger partial charge in [-0.05, 0) is 43.0 Å². The largest absolute Gasteiger partial charge is 0.491 e. The highest BCUT2D eigenvalue weighted by molar-refractivity contribution is 7.92. The normalized spacial score (nSPS) is 12.9. The van der Waals surface area contributed by atoms with E-state index in [0.717, 1.165) is 27.4 Å². The van der Waals surface area contributed by atoms with Crippen LogP contribution in [0.5, 0.6) is 5.75 Å². The molecular formula is C23H32N2O4S. The minimum atomic E-state index is -3.63. The minimum Gasteiger partial charge on any atom is -0.491 e. The lowest BCUT2D eigenvalue weighted by Crippen LogP contribution is -2.48. The Morgan fingerprint density at radius 3 is 2.27 bits per heavy atom. The minimum absolute atomic E-state index is 0.0572. The second-order valence-electron chi connectivity index (χ2n) is 8.46. The number of para-hydroxylation sites is 1. The third-order valence-electron chi connectivity index (χ3n) is 4.73. The van der Waals surface area contributed by atoms with Crippen LogP contribution in [0.3, 0.4) is 0 Å². The van der Waals surface area contributed by atoms with Crippen LogP contribution in [0, 0.1) is 6.92 Å². The first kappa shape index (κ1) is 23.7. The summed E-state index contributed by atoms with van der Waals surface area (Å²) < 4.78 is 31.7. The lowest BCUT2D eigenvalue weighted by atomic mass is 9.86. The predicted molar refractivity (Wildman–Crippen MR) is 122 cm³/mol. The molecule has 0 aliphatic rings. The number of carbonyl (C=O) groups is 1. The second-order valence-corrected chi connectivity index (χ2v) is 10.3. The molecule has 7 heteroatoms. The predicted octanol–water partition coefficient (Wildman–Crippen LogP) is 3.64. The Kier molecular flexibility index (Phi) is 7.53. The fourth-order valence-electron chi connectivity index (χ4n) is 3.20. The van der Waals surface area contributed by atoms with Gasteiger partial charge in [-0.25, -0.2) is 8.42 Å². The second kappa shape index (κ2) is 9.51. The van der Waals surface area contributed by atoms with Crippen LogP contribution in [0.1, 0.15) is 38.8 Å². The van der Waals surface area contributed by atoms with E-state index in [9.17, 15) is 13.2 Å². The standard InChI is InChI=1S/C23H32N2O4S/c1-17-11-13-19(14-12-17)25(30(6,27)28)18(2)22(26)24-15-16-29-21-10-8-7-9-20(21)23(3,4)5/h7-14,18H,15-16H2,1-6H3,(H,24,26)/t18-/m0/s1. The Morgan fingerprint density at radius 2 is 1.70 bits per heavy atom. The van der Waals surface area contributed by atoms with E-state index in [2.05, 4.69) is 26.1 Å². The van der Waals surface area contributed by atoms with Crippen LogP contribution in [0.25, 0.3) is 0 Å². The molecule has 0 aliphatic heterocycles. The maximum Gasteiger partial charge on any atom is 0.243 e. The Balaban J connectivity index is 2.01. The van der Waals surface area contributed by atoms with Crippen LogP contribution in [-0.2, 0) is 20.2 Å². The maximum atomic E-state index is 12.6. The van der Waals surface area contributed by atoms with Gasteiger partial charge in [0.25, 0.3) is 0 Å². The van der Waals surface area contributed by atoms with E-state index >= 15 is 0 Å². The van der Waals surface area contributed by atoms with Gasteiger partial charge in [-0.2, -0.15) is 0 Å². The highest BCUT2D eigenvalue weighted by atomic mass is 32.2. The van der Waals surface area contributed by atoms with Crippen molar-refractivity contribution in [2.45, 2.75) is 46.1 Å². The molecule has 0 bridgehead atoms. The summed E-state index contributed by atoms with van der Waals surface area (Å²) in [5, 5.41) is 2.77. The molecule has 0 saturated carbocycles. The Labute approximate surface area is 180 Å². The van der Waals surface area contributed by atoms with Gasteiger partial charge in [0, 0.05) is 0 Å². The van der Waals surface area contributed by atoms with Gasteiger partial charge in [-0.15, -0.1) is 0 Å². The van der Waals surface area contributed by atoms with Crippen LogP contribution in [0.2, 0.25) is 0 Å². The molecule has 1 amide bonds. The summed E-state index contributed by atoms with van der Waals surface area (Å²) in [6.07, 6.45) is 1.10. The molecule has 1 N–H and O–H groups in total. The molecule has 0 aliphatic carbocycles. The highest BCUT2D eigenvalue weighted by Gasteiger charge is 2.28. The maximum absolute atomic E-state index is 12.6. The van der Waals surface area contributed by atoms with Gasteiger partial charge in [-0.1, -0.05) is 56.7 Å². The van der Waals surface area contributed by atoms with E-state index in [0.29, 0.717) is 5.69 Å². The fraction of sp³-hybridized carbons (Fsp3) is 0.435. The van der Waals surface area contributed by atoms with Crippen molar-refractivity contribution in [2.24, 2.45) is 0 Å². The fourth-order valence-corrected chi connectivity index (χ4v) is 4.37. The molecular weight excluding hydrogens is 400 g/mol. The van der Waals surface area contributed by atoms with Crippen LogP contribution in [-0.4, -0.2) is 39.8 Å². The number of hydrogen-bond donors (Lipinski definition) is 1. The average Bonchev–Trinajstić information content (AvgIpc) is 2.65. The molecule has 0 saturated heterocycles. The molecule has 0 fully saturated rings. The first-order valence-electron chi connectivity index (χ1n) is 9.97. The molecule has 2 aromatic carbocycles. The number of hydrogen-bond acceptors (Lipinski definition) is 4. The summed E-state index contributed by atoms with van der Waals surface area (Å²) in [5.74, 6) is 0.401. The van der Waals surface area contributed by atoms with E-state index in [1.165, 1.54) is 0 Å². The number of nitrogens with zero attached hydrogens (tertiary/aromatic N) is 1. The third-order valence-corrected chi connectivity index (χ3v) is 5.97. The summed E-state index contributed by atoms with van der Waals surface area (Å²) in [4.78, 5) is 12.6. The van der Waals surface area contributed by atoms with Gasteiger partial charge >= 0.3 is 0 Å².